The summed E-state index contributed by atoms with van der Waals surface area (Å²) in [4.78, 5) is 22.4. The third-order valence-corrected chi connectivity index (χ3v) is 5.33. The van der Waals surface area contributed by atoms with Crippen molar-refractivity contribution in [2.45, 2.75) is 51.4 Å². The van der Waals surface area contributed by atoms with Crippen LogP contribution in [0.2, 0.25) is 0 Å². The molecule has 1 saturated heterocycles. The average molecular weight is 451 g/mol. The molecule has 1 atom stereocenters. The third kappa shape index (κ3) is 6.66. The molecule has 1 aromatic carbocycles. The number of ether oxygens (including phenoxy) is 1. The summed E-state index contributed by atoms with van der Waals surface area (Å²) < 4.78 is 44.3. The summed E-state index contributed by atoms with van der Waals surface area (Å²) >= 11 is 0. The maximum absolute atomic E-state index is 12.9. The lowest BCUT2D eigenvalue weighted by molar-refractivity contribution is -0.137. The summed E-state index contributed by atoms with van der Waals surface area (Å²) in [5, 5.41) is 3.44. The van der Waals surface area contributed by atoms with Crippen molar-refractivity contribution in [2.75, 3.05) is 19.6 Å². The number of nitrogens with zero attached hydrogens (tertiary/aromatic N) is 3. The first-order valence-electron chi connectivity index (χ1n) is 10.7. The van der Waals surface area contributed by atoms with E-state index in [1.54, 1.807) is 23.5 Å². The highest BCUT2D eigenvalue weighted by Gasteiger charge is 2.31. The molecule has 2 heterocycles. The largest absolute Gasteiger partial charge is 0.444 e. The van der Waals surface area contributed by atoms with Crippen LogP contribution in [0, 0.1) is 5.92 Å². The van der Waals surface area contributed by atoms with Crippen LogP contribution in [0.1, 0.15) is 56.5 Å². The van der Waals surface area contributed by atoms with Crippen LogP contribution < -0.4 is 5.32 Å². The van der Waals surface area contributed by atoms with Crippen molar-refractivity contribution in [3.8, 4) is 0 Å². The predicted octanol–water partition coefficient (Wildman–Crippen LogP) is 4.82. The van der Waals surface area contributed by atoms with Crippen LogP contribution in [0.25, 0.3) is 0 Å². The Morgan fingerprint density at radius 3 is 2.34 bits per heavy atom. The normalized spacial score (nSPS) is 16.6. The van der Waals surface area contributed by atoms with Crippen molar-refractivity contribution < 1.29 is 22.7 Å². The minimum Gasteiger partial charge on any atom is -0.444 e. The highest BCUT2D eigenvalue weighted by atomic mass is 19.4. The molecule has 6 nitrogen and oxygen atoms in total. The molecule has 1 aliphatic rings. The van der Waals surface area contributed by atoms with Crippen LogP contribution in [0.4, 0.5) is 18.0 Å². The lowest BCUT2D eigenvalue weighted by Crippen LogP contribution is -2.43. The van der Waals surface area contributed by atoms with Crippen molar-refractivity contribution in [3.63, 3.8) is 0 Å². The fraction of sp³-hybridized carbons (Fsp3) is 0.522. The number of amides is 1. The molecule has 1 amide bonds. The molecular formula is C23H29F3N4O2. The van der Waals surface area contributed by atoms with Crippen LogP contribution in [0.3, 0.4) is 0 Å². The van der Waals surface area contributed by atoms with Gasteiger partial charge in [0.2, 0.25) is 0 Å². The zero-order valence-electron chi connectivity index (χ0n) is 18.5. The summed E-state index contributed by atoms with van der Waals surface area (Å²) in [5.74, 6) is 0.322. The minimum absolute atomic E-state index is 0.300. The number of aromatic nitrogens is 2. The molecule has 0 spiro atoms. The summed E-state index contributed by atoms with van der Waals surface area (Å²) in [6.45, 7) is 7.39. The first-order chi connectivity index (χ1) is 15.0. The van der Waals surface area contributed by atoms with E-state index in [2.05, 4.69) is 15.3 Å². The van der Waals surface area contributed by atoms with E-state index < -0.39 is 17.3 Å². The molecule has 0 aliphatic carbocycles. The van der Waals surface area contributed by atoms with Crippen LogP contribution in [-0.2, 0) is 10.9 Å². The van der Waals surface area contributed by atoms with Crippen molar-refractivity contribution in [1.29, 1.82) is 0 Å². The summed E-state index contributed by atoms with van der Waals surface area (Å²) in [6, 6.07) is 4.73. The molecule has 9 heteroatoms. The topological polar surface area (TPSA) is 67.3 Å². The van der Waals surface area contributed by atoms with E-state index in [-0.39, 0.29) is 12.1 Å². The van der Waals surface area contributed by atoms with Crippen molar-refractivity contribution in [1.82, 2.24) is 20.2 Å². The first kappa shape index (κ1) is 24.0. The lowest BCUT2D eigenvalue weighted by Gasteiger charge is -2.34. The highest BCUT2D eigenvalue weighted by Crippen LogP contribution is 2.31. The van der Waals surface area contributed by atoms with Gasteiger partial charge in [0.1, 0.15) is 5.60 Å². The Bertz CT molecular complexity index is 875. The summed E-state index contributed by atoms with van der Waals surface area (Å²) in [6.07, 6.45) is 1.67. The van der Waals surface area contributed by atoms with Gasteiger partial charge in [-0.05, 0) is 63.8 Å². The van der Waals surface area contributed by atoms with E-state index in [1.807, 2.05) is 20.8 Å². The van der Waals surface area contributed by atoms with Gasteiger partial charge in [-0.3, -0.25) is 9.97 Å². The fourth-order valence-electron chi connectivity index (χ4n) is 3.65. The molecule has 1 unspecified atom stereocenters. The Morgan fingerprint density at radius 2 is 1.81 bits per heavy atom. The number of nitrogens with one attached hydrogen (secondary N) is 1. The van der Waals surface area contributed by atoms with Gasteiger partial charge in [0.05, 0.1) is 23.5 Å². The molecule has 0 bridgehead atoms. The lowest BCUT2D eigenvalue weighted by atomic mass is 9.95. The number of hydrogen-bond acceptors (Lipinski definition) is 5. The average Bonchev–Trinajstić information content (AvgIpc) is 2.73. The second kappa shape index (κ2) is 9.85. The van der Waals surface area contributed by atoms with Crippen molar-refractivity contribution in [3.05, 3.63) is 59.7 Å². The van der Waals surface area contributed by atoms with Crippen molar-refractivity contribution >= 4 is 6.09 Å². The second-order valence-electron chi connectivity index (χ2n) is 9.00. The highest BCUT2D eigenvalue weighted by molar-refractivity contribution is 5.68. The number of hydrogen-bond donors (Lipinski definition) is 1. The Kier molecular flexibility index (Phi) is 7.38. The fourth-order valence-corrected chi connectivity index (χ4v) is 3.65. The van der Waals surface area contributed by atoms with E-state index in [1.165, 1.54) is 12.1 Å². The molecule has 0 radical (unpaired) electrons. The molecule has 3 rings (SSSR count). The van der Waals surface area contributed by atoms with Crippen LogP contribution in [0.15, 0.2) is 42.9 Å². The molecule has 174 valence electrons. The number of halogens is 3. The number of carbonyl (C=O) groups is 1. The van der Waals surface area contributed by atoms with E-state index in [0.717, 1.165) is 25.0 Å². The Hall–Kier alpha value is -2.68. The zero-order valence-corrected chi connectivity index (χ0v) is 18.5. The summed E-state index contributed by atoms with van der Waals surface area (Å²) in [7, 11) is 0. The van der Waals surface area contributed by atoms with Crippen LogP contribution >= 0.6 is 0 Å². The van der Waals surface area contributed by atoms with Crippen molar-refractivity contribution in [2.24, 2.45) is 5.92 Å². The molecule has 0 saturated carbocycles. The van der Waals surface area contributed by atoms with Crippen LogP contribution in [-0.4, -0.2) is 46.2 Å². The van der Waals surface area contributed by atoms with E-state index in [4.69, 9.17) is 4.74 Å². The van der Waals surface area contributed by atoms with Gasteiger partial charge in [0.25, 0.3) is 0 Å². The van der Waals surface area contributed by atoms with E-state index >= 15 is 0 Å². The number of carbonyl (C=O) groups excluding carboxylic acids is 1. The van der Waals surface area contributed by atoms with Gasteiger partial charge in [-0.2, -0.15) is 13.2 Å². The maximum Gasteiger partial charge on any atom is 0.416 e. The third-order valence-electron chi connectivity index (χ3n) is 5.33. The Balaban J connectivity index is 1.63. The molecule has 1 aliphatic heterocycles. The maximum atomic E-state index is 12.9. The number of piperidine rings is 1. The SMILES string of the molecule is CC(C)(C)OC(=O)N1CCC(CNC(c2ccc(C(F)(F)F)cc2)c2cnccn2)CC1. The van der Waals surface area contributed by atoms with Gasteiger partial charge in [0.15, 0.2) is 0 Å². The summed E-state index contributed by atoms with van der Waals surface area (Å²) in [5.41, 5.74) is 0.109. The molecule has 1 N–H and O–H groups in total. The smallest absolute Gasteiger partial charge is 0.416 e. The molecule has 32 heavy (non-hydrogen) atoms. The standard InChI is InChI=1S/C23H29F3N4O2/c1-22(2,3)32-21(31)30-12-8-16(9-13-30)14-29-20(19-15-27-10-11-28-19)17-4-6-18(7-5-17)23(24,25)26/h4-7,10-11,15-16,20,29H,8-9,12-14H2,1-3H3. The molecule has 2 aromatic rings. The first-order valence-corrected chi connectivity index (χ1v) is 10.7. The Labute approximate surface area is 186 Å². The minimum atomic E-state index is -4.38. The van der Waals surface area contributed by atoms with Gasteiger partial charge in [-0.1, -0.05) is 12.1 Å². The number of likely N-dealkylation sites (tertiary alicyclic amines) is 1. The van der Waals surface area contributed by atoms with Crippen LogP contribution in [0.5, 0.6) is 0 Å². The number of alkyl halides is 3. The van der Waals surface area contributed by atoms with Gasteiger partial charge < -0.3 is 15.0 Å². The van der Waals surface area contributed by atoms with Gasteiger partial charge >= 0.3 is 12.3 Å². The van der Waals surface area contributed by atoms with Gasteiger partial charge in [-0.25, -0.2) is 4.79 Å². The quantitative estimate of drug-likeness (QED) is 0.707. The zero-order chi connectivity index (χ0) is 23.4. The molecule has 1 fully saturated rings. The van der Waals surface area contributed by atoms with E-state index in [0.29, 0.717) is 36.8 Å². The second-order valence-corrected chi connectivity index (χ2v) is 9.00. The molecule has 1 aromatic heterocycles. The van der Waals surface area contributed by atoms with Gasteiger partial charge in [-0.15, -0.1) is 0 Å². The monoisotopic (exact) mass is 450 g/mol. The van der Waals surface area contributed by atoms with Gasteiger partial charge in [0, 0.05) is 25.5 Å². The Morgan fingerprint density at radius 1 is 1.16 bits per heavy atom. The number of rotatable bonds is 5. The van der Waals surface area contributed by atoms with E-state index in [9.17, 15) is 18.0 Å². The number of benzene rings is 1. The molecular weight excluding hydrogens is 421 g/mol. The predicted molar refractivity (Wildman–Crippen MR) is 114 cm³/mol.